The van der Waals surface area contributed by atoms with E-state index in [0.29, 0.717) is 12.1 Å². The standard InChI is InChI=1S/C15H25N3O/c1-13-5-9-17(2)15(6-10-19)12-18(13)11-14-3-7-16-8-4-14/h3-4,7-8,13,15,19H,5-6,9-12H2,1-2H3. The number of pyridine rings is 1. The Morgan fingerprint density at radius 2 is 2.11 bits per heavy atom. The quantitative estimate of drug-likeness (QED) is 0.890. The number of rotatable bonds is 4. The van der Waals surface area contributed by atoms with Crippen LogP contribution in [0.15, 0.2) is 24.5 Å². The summed E-state index contributed by atoms with van der Waals surface area (Å²) in [6.45, 7) is 5.68. The largest absolute Gasteiger partial charge is 0.396 e. The van der Waals surface area contributed by atoms with Crippen LogP contribution in [0.3, 0.4) is 0 Å². The van der Waals surface area contributed by atoms with Gasteiger partial charge < -0.3 is 10.0 Å². The molecule has 2 rings (SSSR count). The molecule has 1 aromatic rings. The predicted molar refractivity (Wildman–Crippen MR) is 76.8 cm³/mol. The molecule has 0 aliphatic carbocycles. The van der Waals surface area contributed by atoms with Crippen LogP contribution < -0.4 is 0 Å². The van der Waals surface area contributed by atoms with Crippen molar-refractivity contribution < 1.29 is 5.11 Å². The SMILES string of the molecule is CC1CCN(C)C(CCO)CN1Cc1ccncc1. The van der Waals surface area contributed by atoms with Crippen molar-refractivity contribution in [1.29, 1.82) is 0 Å². The first-order valence-electron chi connectivity index (χ1n) is 7.14. The molecular weight excluding hydrogens is 238 g/mol. The lowest BCUT2D eigenvalue weighted by Gasteiger charge is -2.30. The Hall–Kier alpha value is -0.970. The van der Waals surface area contributed by atoms with Gasteiger partial charge in [0.2, 0.25) is 0 Å². The van der Waals surface area contributed by atoms with Crippen LogP contribution >= 0.6 is 0 Å². The molecule has 2 atom stereocenters. The van der Waals surface area contributed by atoms with Gasteiger partial charge in [-0.2, -0.15) is 0 Å². The van der Waals surface area contributed by atoms with Crippen molar-refractivity contribution in [1.82, 2.24) is 14.8 Å². The van der Waals surface area contributed by atoms with E-state index in [1.165, 1.54) is 12.0 Å². The van der Waals surface area contributed by atoms with Crippen LogP contribution in [-0.2, 0) is 6.54 Å². The number of aliphatic hydroxyl groups is 1. The van der Waals surface area contributed by atoms with Crippen molar-refractivity contribution in [3.05, 3.63) is 30.1 Å². The van der Waals surface area contributed by atoms with E-state index in [-0.39, 0.29) is 6.61 Å². The molecule has 0 aromatic carbocycles. The topological polar surface area (TPSA) is 39.6 Å². The van der Waals surface area contributed by atoms with Gasteiger partial charge in [-0.3, -0.25) is 9.88 Å². The number of hydrogen-bond donors (Lipinski definition) is 1. The molecule has 4 heteroatoms. The highest BCUT2D eigenvalue weighted by atomic mass is 16.3. The van der Waals surface area contributed by atoms with Gasteiger partial charge in [0.1, 0.15) is 0 Å². The van der Waals surface area contributed by atoms with Crippen molar-refractivity contribution in [2.75, 3.05) is 26.7 Å². The summed E-state index contributed by atoms with van der Waals surface area (Å²) in [6, 6.07) is 5.21. The second kappa shape index (κ2) is 6.98. The maximum absolute atomic E-state index is 9.22. The van der Waals surface area contributed by atoms with Crippen LogP contribution in [0.2, 0.25) is 0 Å². The molecule has 1 aromatic heterocycles. The zero-order chi connectivity index (χ0) is 13.7. The van der Waals surface area contributed by atoms with E-state index in [0.717, 1.165) is 26.1 Å². The first-order valence-corrected chi connectivity index (χ1v) is 7.14. The first kappa shape index (κ1) is 14.4. The second-order valence-electron chi connectivity index (χ2n) is 5.57. The lowest BCUT2D eigenvalue weighted by atomic mass is 10.1. The molecule has 4 nitrogen and oxygen atoms in total. The van der Waals surface area contributed by atoms with Crippen molar-refractivity contribution in [2.24, 2.45) is 0 Å². The summed E-state index contributed by atoms with van der Waals surface area (Å²) in [4.78, 5) is 8.99. The highest BCUT2D eigenvalue weighted by molar-refractivity contribution is 5.09. The predicted octanol–water partition coefficient (Wildman–Crippen LogP) is 1.36. The zero-order valence-corrected chi connectivity index (χ0v) is 12.0. The third kappa shape index (κ3) is 4.00. The van der Waals surface area contributed by atoms with Crippen LogP contribution in [0.4, 0.5) is 0 Å². The van der Waals surface area contributed by atoms with Gasteiger partial charge >= 0.3 is 0 Å². The number of aliphatic hydroxyl groups excluding tert-OH is 1. The van der Waals surface area contributed by atoms with Gasteiger partial charge in [0, 0.05) is 44.2 Å². The van der Waals surface area contributed by atoms with Crippen LogP contribution in [0.25, 0.3) is 0 Å². The van der Waals surface area contributed by atoms with Gasteiger partial charge in [-0.25, -0.2) is 0 Å². The van der Waals surface area contributed by atoms with Crippen molar-refractivity contribution in [3.63, 3.8) is 0 Å². The Balaban J connectivity index is 2.04. The van der Waals surface area contributed by atoms with Crippen LogP contribution in [-0.4, -0.2) is 58.7 Å². The molecule has 106 valence electrons. The first-order chi connectivity index (χ1) is 9.20. The van der Waals surface area contributed by atoms with E-state index >= 15 is 0 Å². The van der Waals surface area contributed by atoms with Crippen molar-refractivity contribution >= 4 is 0 Å². The third-order valence-electron chi connectivity index (χ3n) is 4.19. The summed E-state index contributed by atoms with van der Waals surface area (Å²) in [5.74, 6) is 0. The van der Waals surface area contributed by atoms with E-state index in [9.17, 15) is 5.11 Å². The molecule has 1 saturated heterocycles. The molecule has 1 N–H and O–H groups in total. The van der Waals surface area contributed by atoms with Crippen LogP contribution in [0, 0.1) is 0 Å². The summed E-state index contributed by atoms with van der Waals surface area (Å²) in [7, 11) is 2.17. The molecule has 2 unspecified atom stereocenters. The number of hydrogen-bond acceptors (Lipinski definition) is 4. The highest BCUT2D eigenvalue weighted by Gasteiger charge is 2.26. The molecule has 1 fully saturated rings. The maximum atomic E-state index is 9.22. The fraction of sp³-hybridized carbons (Fsp3) is 0.667. The van der Waals surface area contributed by atoms with Crippen LogP contribution in [0.1, 0.15) is 25.3 Å². The second-order valence-corrected chi connectivity index (χ2v) is 5.57. The Kier molecular flexibility index (Phi) is 5.31. The zero-order valence-electron chi connectivity index (χ0n) is 12.0. The summed E-state index contributed by atoms with van der Waals surface area (Å²) >= 11 is 0. The minimum Gasteiger partial charge on any atom is -0.396 e. The van der Waals surface area contributed by atoms with Crippen molar-refractivity contribution in [3.8, 4) is 0 Å². The Labute approximate surface area is 116 Å². The monoisotopic (exact) mass is 263 g/mol. The Bertz CT molecular complexity index is 371. The van der Waals surface area contributed by atoms with E-state index in [2.05, 4.69) is 40.9 Å². The molecule has 0 spiro atoms. The molecule has 0 radical (unpaired) electrons. The van der Waals surface area contributed by atoms with E-state index in [1.54, 1.807) is 0 Å². The Morgan fingerprint density at radius 3 is 2.79 bits per heavy atom. The summed E-state index contributed by atoms with van der Waals surface area (Å²) in [6.07, 6.45) is 5.75. The minimum absolute atomic E-state index is 0.270. The lowest BCUT2D eigenvalue weighted by molar-refractivity contribution is 0.148. The highest BCUT2D eigenvalue weighted by Crippen LogP contribution is 2.18. The van der Waals surface area contributed by atoms with Crippen LogP contribution in [0.5, 0.6) is 0 Å². The summed E-state index contributed by atoms with van der Waals surface area (Å²) in [5.41, 5.74) is 1.31. The number of nitrogens with zero attached hydrogens (tertiary/aromatic N) is 3. The van der Waals surface area contributed by atoms with Gasteiger partial charge in [-0.1, -0.05) is 0 Å². The van der Waals surface area contributed by atoms with E-state index < -0.39 is 0 Å². The molecule has 19 heavy (non-hydrogen) atoms. The normalized spacial score (nSPS) is 26.3. The van der Waals surface area contributed by atoms with Gasteiger partial charge in [0.15, 0.2) is 0 Å². The minimum atomic E-state index is 0.270. The molecule has 2 heterocycles. The molecule has 1 aliphatic rings. The third-order valence-corrected chi connectivity index (χ3v) is 4.19. The maximum Gasteiger partial charge on any atom is 0.0446 e. The Morgan fingerprint density at radius 1 is 1.37 bits per heavy atom. The average Bonchev–Trinajstić information content (AvgIpc) is 2.55. The molecular formula is C15H25N3O. The smallest absolute Gasteiger partial charge is 0.0446 e. The van der Waals surface area contributed by atoms with Gasteiger partial charge in [-0.05, 0) is 51.1 Å². The van der Waals surface area contributed by atoms with E-state index in [1.807, 2.05) is 12.4 Å². The molecule has 0 bridgehead atoms. The number of likely N-dealkylation sites (N-methyl/N-ethyl adjacent to an activating group) is 1. The molecule has 0 saturated carbocycles. The van der Waals surface area contributed by atoms with E-state index in [4.69, 9.17) is 0 Å². The number of aromatic nitrogens is 1. The van der Waals surface area contributed by atoms with Crippen molar-refractivity contribution in [2.45, 2.75) is 38.4 Å². The lowest BCUT2D eigenvalue weighted by Crippen LogP contribution is -2.40. The molecule has 1 aliphatic heterocycles. The fourth-order valence-electron chi connectivity index (χ4n) is 2.75. The summed E-state index contributed by atoms with van der Waals surface area (Å²) < 4.78 is 0. The van der Waals surface area contributed by atoms with Gasteiger partial charge in [0.05, 0.1) is 0 Å². The average molecular weight is 263 g/mol. The van der Waals surface area contributed by atoms with Gasteiger partial charge in [0.25, 0.3) is 0 Å². The van der Waals surface area contributed by atoms with Gasteiger partial charge in [-0.15, -0.1) is 0 Å². The summed E-state index contributed by atoms with van der Waals surface area (Å²) in [5, 5.41) is 9.22. The molecule has 0 amide bonds. The fourth-order valence-corrected chi connectivity index (χ4v) is 2.75.